The number of aliphatic hydroxyl groups is 2. The molecule has 0 spiro atoms. The van der Waals surface area contributed by atoms with Crippen LogP contribution in [0.25, 0.3) is 11.1 Å². The smallest absolute Gasteiger partial charge is 0.404 e. The highest BCUT2D eigenvalue weighted by molar-refractivity contribution is 5.77. The molecule has 0 radical (unpaired) electrons. The number of piperidine rings is 1. The maximum Gasteiger partial charge on any atom is 0.404 e. The Bertz CT molecular complexity index is 1100. The van der Waals surface area contributed by atoms with Crippen molar-refractivity contribution in [3.63, 3.8) is 0 Å². The van der Waals surface area contributed by atoms with Gasteiger partial charge >= 0.3 is 6.09 Å². The second kappa shape index (κ2) is 13.7. The Kier molecular flexibility index (Phi) is 10.6. The lowest BCUT2D eigenvalue weighted by atomic mass is 9.72. The molecule has 208 valence electrons. The molecular formula is C29H40FN3O5. The highest BCUT2D eigenvalue weighted by atomic mass is 19.1. The van der Waals surface area contributed by atoms with Crippen LogP contribution in [-0.2, 0) is 16.8 Å². The minimum absolute atomic E-state index is 0.0243. The van der Waals surface area contributed by atoms with Crippen molar-refractivity contribution in [1.82, 2.24) is 15.5 Å². The summed E-state index contributed by atoms with van der Waals surface area (Å²) in [6, 6.07) is 12.3. The van der Waals surface area contributed by atoms with Gasteiger partial charge in [-0.05, 0) is 61.9 Å². The molecular weight excluding hydrogens is 489 g/mol. The van der Waals surface area contributed by atoms with Gasteiger partial charge in [-0.3, -0.25) is 4.79 Å². The van der Waals surface area contributed by atoms with Crippen molar-refractivity contribution in [3.8, 4) is 11.1 Å². The van der Waals surface area contributed by atoms with Crippen LogP contribution in [0.15, 0.2) is 42.5 Å². The number of benzene rings is 2. The number of hydrogen-bond donors (Lipinski definition) is 5. The molecule has 2 amide bonds. The van der Waals surface area contributed by atoms with Crippen LogP contribution < -0.4 is 10.6 Å². The van der Waals surface area contributed by atoms with Crippen LogP contribution in [0.5, 0.6) is 0 Å². The number of nitrogens with one attached hydrogen (secondary N) is 2. The predicted octanol–water partition coefficient (Wildman–Crippen LogP) is 3.50. The quantitative estimate of drug-likeness (QED) is 0.268. The van der Waals surface area contributed by atoms with E-state index in [2.05, 4.69) is 10.6 Å². The molecule has 2 aromatic carbocycles. The van der Waals surface area contributed by atoms with Gasteiger partial charge in [0.15, 0.2) is 0 Å². The Morgan fingerprint density at radius 1 is 1.24 bits per heavy atom. The zero-order valence-electron chi connectivity index (χ0n) is 22.3. The Morgan fingerprint density at radius 2 is 2.00 bits per heavy atom. The monoisotopic (exact) mass is 529 g/mol. The van der Waals surface area contributed by atoms with Crippen LogP contribution in [0, 0.1) is 11.7 Å². The third kappa shape index (κ3) is 7.30. The number of aryl methyl sites for hydroxylation is 1. The van der Waals surface area contributed by atoms with Crippen molar-refractivity contribution >= 4 is 12.0 Å². The molecule has 0 aliphatic carbocycles. The minimum atomic E-state index is -1.51. The summed E-state index contributed by atoms with van der Waals surface area (Å²) in [6.07, 6.45) is 0.595. The summed E-state index contributed by atoms with van der Waals surface area (Å²) in [4.78, 5) is 25.6. The van der Waals surface area contributed by atoms with Crippen molar-refractivity contribution in [2.24, 2.45) is 5.92 Å². The minimum Gasteiger partial charge on any atom is -0.465 e. The van der Waals surface area contributed by atoms with Gasteiger partial charge in [-0.15, -0.1) is 0 Å². The van der Waals surface area contributed by atoms with Gasteiger partial charge in [0.05, 0.1) is 18.1 Å². The number of halogens is 1. The molecule has 1 unspecified atom stereocenters. The Balaban J connectivity index is 1.99. The van der Waals surface area contributed by atoms with Crippen LogP contribution >= 0.6 is 0 Å². The van der Waals surface area contributed by atoms with Gasteiger partial charge in [0.25, 0.3) is 0 Å². The normalized spacial score (nSPS) is 18.0. The van der Waals surface area contributed by atoms with Gasteiger partial charge in [-0.2, -0.15) is 0 Å². The average Bonchev–Trinajstić information content (AvgIpc) is 2.91. The summed E-state index contributed by atoms with van der Waals surface area (Å²) in [5, 5.41) is 36.7. The van der Waals surface area contributed by atoms with E-state index in [1.165, 1.54) is 6.07 Å². The maximum absolute atomic E-state index is 15.5. The average molecular weight is 530 g/mol. The molecule has 0 bridgehead atoms. The Morgan fingerprint density at radius 3 is 2.71 bits per heavy atom. The first-order valence-corrected chi connectivity index (χ1v) is 13.4. The van der Waals surface area contributed by atoms with E-state index >= 15 is 4.39 Å². The number of likely N-dealkylation sites (N-methyl/N-ethyl adjacent to an activating group) is 1. The first kappa shape index (κ1) is 29.5. The van der Waals surface area contributed by atoms with E-state index < -0.39 is 29.5 Å². The molecule has 1 aliphatic rings. The molecule has 2 aromatic rings. The molecule has 3 rings (SSSR count). The lowest BCUT2D eigenvalue weighted by Gasteiger charge is -2.44. The Labute approximate surface area is 223 Å². The van der Waals surface area contributed by atoms with Crippen molar-refractivity contribution < 1.29 is 29.3 Å². The Hall–Kier alpha value is -3.01. The van der Waals surface area contributed by atoms with E-state index in [4.69, 9.17) is 5.11 Å². The zero-order chi connectivity index (χ0) is 27.7. The van der Waals surface area contributed by atoms with Crippen LogP contribution in [0.4, 0.5) is 9.18 Å². The predicted molar refractivity (Wildman–Crippen MR) is 144 cm³/mol. The summed E-state index contributed by atoms with van der Waals surface area (Å²) in [5.41, 5.74) is 0.960. The van der Waals surface area contributed by atoms with Gasteiger partial charge in [-0.1, -0.05) is 43.3 Å². The number of hydrogen-bond acceptors (Lipinski definition) is 5. The number of likely N-dealkylation sites (tertiary alicyclic amines) is 1. The fourth-order valence-electron chi connectivity index (χ4n) is 5.47. The summed E-state index contributed by atoms with van der Waals surface area (Å²) in [5.74, 6) is -1.04. The molecule has 38 heavy (non-hydrogen) atoms. The molecule has 1 fully saturated rings. The van der Waals surface area contributed by atoms with E-state index in [9.17, 15) is 19.8 Å². The summed E-state index contributed by atoms with van der Waals surface area (Å²) in [7, 11) is 1.71. The van der Waals surface area contributed by atoms with Crippen molar-refractivity contribution in [2.45, 2.75) is 57.2 Å². The first-order valence-electron chi connectivity index (χ1n) is 13.4. The van der Waals surface area contributed by atoms with E-state index in [1.807, 2.05) is 31.2 Å². The maximum atomic E-state index is 15.5. The molecule has 5 N–H and O–H groups in total. The highest BCUT2D eigenvalue weighted by Gasteiger charge is 2.43. The number of rotatable bonds is 12. The van der Waals surface area contributed by atoms with E-state index in [-0.39, 0.29) is 31.8 Å². The second-order valence-corrected chi connectivity index (χ2v) is 10.1. The van der Waals surface area contributed by atoms with Crippen molar-refractivity contribution in [2.75, 3.05) is 33.2 Å². The standard InChI is InChI=1S/C29H40FN3O5/c1-3-20-8-4-9-21(16-20)27-24(11-5-12-25(27)30)29(38,13-7-14-32-28(36)37)22-10-6-15-33(19-22)26(35)17-23(34)18-31-2/h4-5,8-9,11-12,16,22-23,31-32,34,38H,3,6-7,10,13-15,17-19H2,1-2H3,(H,36,37)/t22-,23?,29+/m1/s1. The molecule has 0 aromatic heterocycles. The van der Waals surface area contributed by atoms with Gasteiger partial charge < -0.3 is 30.9 Å². The number of nitrogens with zero attached hydrogens (tertiary/aromatic N) is 1. The van der Waals surface area contributed by atoms with E-state index in [0.717, 1.165) is 12.0 Å². The van der Waals surface area contributed by atoms with E-state index in [1.54, 1.807) is 24.1 Å². The fourth-order valence-corrected chi connectivity index (χ4v) is 5.47. The van der Waals surface area contributed by atoms with Crippen LogP contribution in [0.2, 0.25) is 0 Å². The molecule has 0 saturated carbocycles. The first-order chi connectivity index (χ1) is 18.2. The lowest BCUT2D eigenvalue weighted by Crippen LogP contribution is -2.49. The number of amides is 2. The van der Waals surface area contributed by atoms with Crippen LogP contribution in [-0.4, -0.2) is 71.6 Å². The number of carboxylic acid groups (broad SMARTS) is 1. The summed E-state index contributed by atoms with van der Waals surface area (Å²) in [6.45, 7) is 3.24. The second-order valence-electron chi connectivity index (χ2n) is 10.1. The van der Waals surface area contributed by atoms with Gasteiger partial charge in [0.1, 0.15) is 5.82 Å². The summed E-state index contributed by atoms with van der Waals surface area (Å²) < 4.78 is 15.5. The third-order valence-electron chi connectivity index (χ3n) is 7.41. The van der Waals surface area contributed by atoms with E-state index in [0.29, 0.717) is 49.0 Å². The largest absolute Gasteiger partial charge is 0.465 e. The van der Waals surface area contributed by atoms with Crippen molar-refractivity contribution in [1.29, 1.82) is 0 Å². The molecule has 9 heteroatoms. The SMILES string of the molecule is CCc1cccc(-c2c(F)cccc2[C@](O)(CCCNC(=O)O)[C@@H]2CCCN(C(=O)CC(O)CNC)C2)c1. The highest BCUT2D eigenvalue weighted by Crippen LogP contribution is 2.44. The van der Waals surface area contributed by atoms with Crippen LogP contribution in [0.3, 0.4) is 0 Å². The lowest BCUT2D eigenvalue weighted by molar-refractivity contribution is -0.138. The molecule has 1 saturated heterocycles. The summed E-state index contributed by atoms with van der Waals surface area (Å²) >= 11 is 0. The molecule has 8 nitrogen and oxygen atoms in total. The topological polar surface area (TPSA) is 122 Å². The zero-order valence-corrected chi connectivity index (χ0v) is 22.3. The number of carbonyl (C=O) groups excluding carboxylic acids is 1. The fraction of sp³-hybridized carbons (Fsp3) is 0.517. The van der Waals surface area contributed by atoms with Gasteiger partial charge in [0, 0.05) is 37.7 Å². The number of aliphatic hydroxyl groups excluding tert-OH is 1. The molecule has 1 heterocycles. The number of carbonyl (C=O) groups is 2. The van der Waals surface area contributed by atoms with Gasteiger partial charge in [-0.25, -0.2) is 9.18 Å². The van der Waals surface area contributed by atoms with Gasteiger partial charge in [0.2, 0.25) is 5.91 Å². The van der Waals surface area contributed by atoms with Crippen molar-refractivity contribution in [3.05, 3.63) is 59.4 Å². The van der Waals surface area contributed by atoms with Crippen LogP contribution in [0.1, 0.15) is 50.2 Å². The third-order valence-corrected chi connectivity index (χ3v) is 7.41. The molecule has 1 aliphatic heterocycles. The molecule has 3 atom stereocenters.